The van der Waals surface area contributed by atoms with E-state index in [-0.39, 0.29) is 5.82 Å². The summed E-state index contributed by atoms with van der Waals surface area (Å²) >= 11 is 0. The van der Waals surface area contributed by atoms with Crippen molar-refractivity contribution in [1.82, 2.24) is 39.2 Å². The van der Waals surface area contributed by atoms with Gasteiger partial charge in [0.15, 0.2) is 0 Å². The van der Waals surface area contributed by atoms with E-state index in [0.717, 1.165) is 21.5 Å². The average molecular weight is 412 g/mol. The molecule has 1 atom stereocenters. The largest absolute Gasteiger partial charge is 0.348 e. The number of aromatic nitrogens is 7. The van der Waals surface area contributed by atoms with Crippen LogP contribution in [-0.2, 0) is 13.5 Å². The first kappa shape index (κ1) is 18.4. The van der Waals surface area contributed by atoms with E-state index in [1.165, 1.54) is 7.05 Å². The minimum atomic E-state index is -2.85. The van der Waals surface area contributed by atoms with Gasteiger partial charge in [-0.25, -0.2) is 27.9 Å². The number of amides is 1. The number of alkyl halides is 2. The van der Waals surface area contributed by atoms with E-state index < -0.39 is 24.2 Å². The quantitative estimate of drug-likeness (QED) is 0.557. The Kier molecular flexibility index (Phi) is 4.12. The molecule has 0 radical (unpaired) electrons. The fourth-order valence-corrected chi connectivity index (χ4v) is 3.87. The number of pyridine rings is 1. The first-order chi connectivity index (χ1) is 14.4. The van der Waals surface area contributed by atoms with Crippen molar-refractivity contribution in [3.63, 3.8) is 0 Å². The number of fused-ring (bicyclic) bond motifs is 2. The standard InChI is InChI=1S/C19H18F2N8O/c1-10-3-6-29-11(7-10)8-13(25-29)15-14-12(22-9-23-14)4-5-28(15)19(30)18-24-17(16(20)21)26-27(18)2/h3,6-9,15-16H,4-5H2,1-2H3,(H,22,23). The van der Waals surface area contributed by atoms with Crippen LogP contribution in [-0.4, -0.2) is 51.7 Å². The Morgan fingerprint density at radius 2 is 2.13 bits per heavy atom. The predicted molar refractivity (Wildman–Crippen MR) is 101 cm³/mol. The number of halogens is 2. The molecule has 0 aliphatic carbocycles. The summed E-state index contributed by atoms with van der Waals surface area (Å²) in [6.07, 6.45) is 1.15. The van der Waals surface area contributed by atoms with Crippen LogP contribution in [0.15, 0.2) is 30.7 Å². The number of carbonyl (C=O) groups excluding carboxylic acids is 1. The van der Waals surface area contributed by atoms with Gasteiger partial charge in [-0.05, 0) is 30.7 Å². The maximum Gasteiger partial charge on any atom is 0.299 e. The third kappa shape index (κ3) is 2.85. The van der Waals surface area contributed by atoms with Gasteiger partial charge in [-0.2, -0.15) is 5.10 Å². The number of aromatic amines is 1. The lowest BCUT2D eigenvalue weighted by Crippen LogP contribution is -2.42. The van der Waals surface area contributed by atoms with Gasteiger partial charge in [0, 0.05) is 31.9 Å². The second-order valence-electron chi connectivity index (χ2n) is 7.28. The molecule has 4 aromatic heterocycles. The van der Waals surface area contributed by atoms with Gasteiger partial charge in [0.05, 0.1) is 23.2 Å². The van der Waals surface area contributed by atoms with Crippen molar-refractivity contribution >= 4 is 11.4 Å². The molecule has 11 heteroatoms. The van der Waals surface area contributed by atoms with E-state index in [9.17, 15) is 13.6 Å². The second-order valence-corrected chi connectivity index (χ2v) is 7.28. The number of hydrogen-bond donors (Lipinski definition) is 1. The molecule has 9 nitrogen and oxygen atoms in total. The number of rotatable bonds is 3. The first-order valence-electron chi connectivity index (χ1n) is 9.40. The number of nitrogens with zero attached hydrogens (tertiary/aromatic N) is 7. The van der Waals surface area contributed by atoms with Crippen molar-refractivity contribution in [2.45, 2.75) is 25.8 Å². The molecule has 0 bridgehead atoms. The second kappa shape index (κ2) is 6.71. The molecular weight excluding hydrogens is 394 g/mol. The Morgan fingerprint density at radius 3 is 2.90 bits per heavy atom. The lowest BCUT2D eigenvalue weighted by Gasteiger charge is -2.33. The maximum atomic E-state index is 13.3. The van der Waals surface area contributed by atoms with E-state index in [1.54, 1.807) is 15.7 Å². The van der Waals surface area contributed by atoms with Gasteiger partial charge in [0.2, 0.25) is 11.6 Å². The summed E-state index contributed by atoms with van der Waals surface area (Å²) in [4.78, 5) is 26.2. The minimum Gasteiger partial charge on any atom is -0.348 e. The topological polar surface area (TPSA) is 97.0 Å². The predicted octanol–water partition coefficient (Wildman–Crippen LogP) is 2.22. The van der Waals surface area contributed by atoms with E-state index in [2.05, 4.69) is 25.1 Å². The zero-order valence-corrected chi connectivity index (χ0v) is 16.3. The van der Waals surface area contributed by atoms with Gasteiger partial charge in [-0.1, -0.05) is 0 Å². The summed E-state index contributed by atoms with van der Waals surface area (Å²) in [6.45, 7) is 2.35. The lowest BCUT2D eigenvalue weighted by atomic mass is 9.99. The number of carbonyl (C=O) groups is 1. The summed E-state index contributed by atoms with van der Waals surface area (Å²) in [5.41, 5.74) is 4.22. The molecule has 5 rings (SSSR count). The molecule has 0 fully saturated rings. The van der Waals surface area contributed by atoms with Crippen LogP contribution in [0.25, 0.3) is 5.52 Å². The van der Waals surface area contributed by atoms with Crippen LogP contribution in [0.5, 0.6) is 0 Å². The SMILES string of the molecule is Cc1ccn2nc(C3c4nc[nH]c4CCN3C(=O)c3nc(C(F)F)nn3C)cc2c1. The van der Waals surface area contributed by atoms with Crippen molar-refractivity contribution in [1.29, 1.82) is 0 Å². The molecule has 1 aliphatic heterocycles. The fourth-order valence-electron chi connectivity index (χ4n) is 3.87. The molecule has 154 valence electrons. The molecule has 4 aromatic rings. The summed E-state index contributed by atoms with van der Waals surface area (Å²) in [5.74, 6) is -1.31. The highest BCUT2D eigenvalue weighted by atomic mass is 19.3. The van der Waals surface area contributed by atoms with Crippen LogP contribution in [0.1, 0.15) is 51.6 Å². The molecule has 1 N–H and O–H groups in total. The molecule has 0 saturated heterocycles. The number of hydrogen-bond acceptors (Lipinski definition) is 5. The van der Waals surface area contributed by atoms with Gasteiger partial charge in [-0.3, -0.25) is 4.79 Å². The van der Waals surface area contributed by atoms with Crippen molar-refractivity contribution in [2.75, 3.05) is 6.54 Å². The normalized spacial score (nSPS) is 16.4. The van der Waals surface area contributed by atoms with Crippen LogP contribution >= 0.6 is 0 Å². The molecular formula is C19H18F2N8O. The third-order valence-electron chi connectivity index (χ3n) is 5.27. The number of imidazole rings is 1. The molecule has 0 spiro atoms. The highest BCUT2D eigenvalue weighted by Crippen LogP contribution is 2.34. The van der Waals surface area contributed by atoms with Crippen LogP contribution in [0, 0.1) is 6.92 Å². The maximum absolute atomic E-state index is 13.3. The Balaban J connectivity index is 1.60. The zero-order valence-electron chi connectivity index (χ0n) is 16.3. The van der Waals surface area contributed by atoms with Crippen molar-refractivity contribution in [3.8, 4) is 0 Å². The zero-order chi connectivity index (χ0) is 21.0. The Morgan fingerprint density at radius 1 is 1.30 bits per heavy atom. The van der Waals surface area contributed by atoms with E-state index in [4.69, 9.17) is 0 Å². The molecule has 30 heavy (non-hydrogen) atoms. The summed E-state index contributed by atoms with van der Waals surface area (Å²) in [5, 5.41) is 8.31. The molecule has 1 amide bonds. The smallest absolute Gasteiger partial charge is 0.299 e. The lowest BCUT2D eigenvalue weighted by molar-refractivity contribution is 0.0669. The van der Waals surface area contributed by atoms with Gasteiger partial charge >= 0.3 is 0 Å². The summed E-state index contributed by atoms with van der Waals surface area (Å²) < 4.78 is 28.9. The average Bonchev–Trinajstić information content (AvgIpc) is 3.43. The molecule has 0 saturated carbocycles. The van der Waals surface area contributed by atoms with Crippen LogP contribution in [0.4, 0.5) is 8.78 Å². The minimum absolute atomic E-state index is 0.145. The molecule has 1 unspecified atom stereocenters. The number of H-pyrrole nitrogens is 1. The van der Waals surface area contributed by atoms with Crippen molar-refractivity contribution < 1.29 is 13.6 Å². The number of aryl methyl sites for hydroxylation is 2. The Hall–Kier alpha value is -3.63. The first-order valence-corrected chi connectivity index (χ1v) is 9.40. The highest BCUT2D eigenvalue weighted by Gasteiger charge is 2.38. The highest BCUT2D eigenvalue weighted by molar-refractivity contribution is 5.91. The van der Waals surface area contributed by atoms with Crippen molar-refractivity contribution in [2.24, 2.45) is 7.05 Å². The van der Waals surface area contributed by atoms with E-state index >= 15 is 0 Å². The van der Waals surface area contributed by atoms with Gasteiger partial charge < -0.3 is 9.88 Å². The van der Waals surface area contributed by atoms with Gasteiger partial charge in [0.25, 0.3) is 12.3 Å². The monoisotopic (exact) mass is 412 g/mol. The molecule has 1 aliphatic rings. The molecule has 5 heterocycles. The van der Waals surface area contributed by atoms with Crippen molar-refractivity contribution in [3.05, 3.63) is 65.0 Å². The van der Waals surface area contributed by atoms with E-state index in [1.807, 2.05) is 31.3 Å². The third-order valence-corrected chi connectivity index (χ3v) is 5.27. The summed E-state index contributed by atoms with van der Waals surface area (Å²) in [7, 11) is 1.43. The Labute approximate surface area is 169 Å². The molecule has 0 aromatic carbocycles. The van der Waals surface area contributed by atoms with Crippen LogP contribution < -0.4 is 0 Å². The summed E-state index contributed by atoms with van der Waals surface area (Å²) in [6, 6.07) is 5.27. The van der Waals surface area contributed by atoms with Gasteiger partial charge in [0.1, 0.15) is 6.04 Å². The Bertz CT molecular complexity index is 1260. The fraction of sp³-hybridized carbons (Fsp3) is 0.316. The van der Waals surface area contributed by atoms with E-state index in [0.29, 0.717) is 24.4 Å². The van der Waals surface area contributed by atoms with Crippen LogP contribution in [0.2, 0.25) is 0 Å². The van der Waals surface area contributed by atoms with Gasteiger partial charge in [-0.15, -0.1) is 5.10 Å². The number of nitrogens with one attached hydrogen (secondary N) is 1. The van der Waals surface area contributed by atoms with Crippen LogP contribution in [0.3, 0.4) is 0 Å².